The predicted molar refractivity (Wildman–Crippen MR) is 72.3 cm³/mol. The second-order valence-electron chi connectivity index (χ2n) is 5.00. The van der Waals surface area contributed by atoms with Crippen LogP contribution in [0.5, 0.6) is 0 Å². The van der Waals surface area contributed by atoms with E-state index in [1.165, 1.54) is 43.4 Å². The average molecular weight is 232 g/mol. The first-order valence-electron chi connectivity index (χ1n) is 7.04. The molecule has 1 aliphatic rings. The van der Waals surface area contributed by atoms with Crippen molar-refractivity contribution < 1.29 is 0 Å². The highest BCUT2D eigenvalue weighted by atomic mass is 14.9. The summed E-state index contributed by atoms with van der Waals surface area (Å²) >= 11 is 0. The predicted octanol–water partition coefficient (Wildman–Crippen LogP) is 3.28. The number of rotatable bonds is 6. The molecule has 1 N–H and O–H groups in total. The molecule has 0 aliphatic heterocycles. The zero-order chi connectivity index (χ0) is 12.1. The van der Waals surface area contributed by atoms with E-state index in [1.54, 1.807) is 0 Å². The van der Waals surface area contributed by atoms with Gasteiger partial charge in [0.25, 0.3) is 0 Å². The highest BCUT2D eigenvalue weighted by Crippen LogP contribution is 2.35. The van der Waals surface area contributed by atoms with Crippen LogP contribution in [0.1, 0.15) is 56.7 Å². The Labute approximate surface area is 105 Å². The van der Waals surface area contributed by atoms with Gasteiger partial charge in [0.15, 0.2) is 0 Å². The van der Waals surface area contributed by atoms with Crippen molar-refractivity contribution in [3.8, 4) is 0 Å². The molecule has 0 amide bonds. The van der Waals surface area contributed by atoms with Gasteiger partial charge in [-0.1, -0.05) is 32.8 Å². The van der Waals surface area contributed by atoms with Crippen LogP contribution in [-0.4, -0.2) is 17.6 Å². The van der Waals surface area contributed by atoms with Gasteiger partial charge in [-0.15, -0.1) is 0 Å². The van der Waals surface area contributed by atoms with E-state index in [0.29, 0.717) is 12.0 Å². The Morgan fingerprint density at radius 3 is 3.12 bits per heavy atom. The van der Waals surface area contributed by atoms with Crippen molar-refractivity contribution in [3.05, 3.63) is 29.6 Å². The highest BCUT2D eigenvalue weighted by Gasteiger charge is 2.29. The van der Waals surface area contributed by atoms with Crippen molar-refractivity contribution in [2.45, 2.75) is 57.9 Å². The Hall–Kier alpha value is -0.890. The molecule has 2 nitrogen and oxygen atoms in total. The van der Waals surface area contributed by atoms with Crippen molar-refractivity contribution in [2.24, 2.45) is 0 Å². The zero-order valence-electron chi connectivity index (χ0n) is 11.1. The number of fused-ring (bicyclic) bond motifs is 1. The van der Waals surface area contributed by atoms with Crippen LogP contribution < -0.4 is 5.32 Å². The van der Waals surface area contributed by atoms with E-state index in [0.717, 1.165) is 6.54 Å². The Bertz CT molecular complexity index is 349. The van der Waals surface area contributed by atoms with Gasteiger partial charge < -0.3 is 5.32 Å². The number of unbranched alkanes of at least 4 members (excludes halogenated alkanes) is 1. The van der Waals surface area contributed by atoms with Crippen LogP contribution in [0.4, 0.5) is 0 Å². The Morgan fingerprint density at radius 1 is 1.47 bits per heavy atom. The first-order chi connectivity index (χ1) is 8.36. The molecule has 0 saturated heterocycles. The zero-order valence-corrected chi connectivity index (χ0v) is 11.1. The van der Waals surface area contributed by atoms with E-state index in [2.05, 4.69) is 36.3 Å². The summed E-state index contributed by atoms with van der Waals surface area (Å²) < 4.78 is 0. The van der Waals surface area contributed by atoms with Crippen LogP contribution >= 0.6 is 0 Å². The van der Waals surface area contributed by atoms with Gasteiger partial charge in [-0.2, -0.15) is 0 Å². The summed E-state index contributed by atoms with van der Waals surface area (Å²) in [5.41, 5.74) is 2.83. The number of hydrogen-bond acceptors (Lipinski definition) is 2. The molecule has 94 valence electrons. The van der Waals surface area contributed by atoms with Crippen LogP contribution in [0, 0.1) is 0 Å². The number of pyridine rings is 1. The molecule has 1 aliphatic carbocycles. The lowest BCUT2D eigenvalue weighted by Gasteiger charge is -2.24. The summed E-state index contributed by atoms with van der Waals surface area (Å²) in [4.78, 5) is 4.61. The van der Waals surface area contributed by atoms with Gasteiger partial charge in [-0.3, -0.25) is 4.98 Å². The molecular weight excluding hydrogens is 208 g/mol. The van der Waals surface area contributed by atoms with Gasteiger partial charge in [0.05, 0.1) is 0 Å². The molecule has 1 aromatic rings. The monoisotopic (exact) mass is 232 g/mol. The van der Waals surface area contributed by atoms with Gasteiger partial charge in [0.1, 0.15) is 0 Å². The van der Waals surface area contributed by atoms with Crippen LogP contribution in [0.2, 0.25) is 0 Å². The number of nitrogens with one attached hydrogen (secondary N) is 1. The van der Waals surface area contributed by atoms with Gasteiger partial charge >= 0.3 is 0 Å². The fraction of sp³-hybridized carbons (Fsp3) is 0.667. The number of aryl methyl sites for hydroxylation is 1. The van der Waals surface area contributed by atoms with E-state index in [9.17, 15) is 0 Å². The molecule has 0 aromatic carbocycles. The maximum atomic E-state index is 4.61. The van der Waals surface area contributed by atoms with Crippen LogP contribution in [-0.2, 0) is 6.42 Å². The number of nitrogens with zero attached hydrogens (tertiary/aromatic N) is 1. The van der Waals surface area contributed by atoms with Crippen LogP contribution in [0.3, 0.4) is 0 Å². The van der Waals surface area contributed by atoms with Gasteiger partial charge in [0.2, 0.25) is 0 Å². The van der Waals surface area contributed by atoms with Crippen molar-refractivity contribution in [1.82, 2.24) is 10.3 Å². The lowest BCUT2D eigenvalue weighted by Crippen LogP contribution is -2.34. The summed E-state index contributed by atoms with van der Waals surface area (Å²) in [6.45, 7) is 5.53. The molecular formula is C15H24N2. The normalized spacial score (nSPS) is 20.2. The van der Waals surface area contributed by atoms with E-state index in [-0.39, 0.29) is 0 Å². The molecule has 2 atom stereocenters. The second kappa shape index (κ2) is 6.15. The van der Waals surface area contributed by atoms with Crippen LogP contribution in [0.25, 0.3) is 0 Å². The summed E-state index contributed by atoms with van der Waals surface area (Å²) in [6, 6.07) is 4.93. The summed E-state index contributed by atoms with van der Waals surface area (Å²) in [7, 11) is 0. The molecule has 17 heavy (non-hydrogen) atoms. The maximum absolute atomic E-state index is 4.61. The molecule has 1 heterocycles. The van der Waals surface area contributed by atoms with E-state index in [1.807, 2.05) is 6.20 Å². The van der Waals surface area contributed by atoms with E-state index >= 15 is 0 Å². The number of hydrogen-bond donors (Lipinski definition) is 1. The average Bonchev–Trinajstić information content (AvgIpc) is 2.78. The summed E-state index contributed by atoms with van der Waals surface area (Å²) in [5.74, 6) is 0.637. The lowest BCUT2D eigenvalue weighted by molar-refractivity contribution is 0.398. The summed E-state index contributed by atoms with van der Waals surface area (Å²) in [5, 5.41) is 3.66. The molecule has 2 heteroatoms. The standard InChI is InChI=1S/C15H24N2/c1-3-5-8-14(16-4-2)13-10-9-12-7-6-11-17-15(12)13/h6-7,11,13-14,16H,3-5,8-10H2,1-2H3. The molecule has 0 spiro atoms. The van der Waals surface area contributed by atoms with Crippen molar-refractivity contribution in [2.75, 3.05) is 6.54 Å². The van der Waals surface area contributed by atoms with Gasteiger partial charge in [0, 0.05) is 23.9 Å². The highest BCUT2D eigenvalue weighted by molar-refractivity contribution is 5.29. The number of likely N-dealkylation sites (N-methyl/N-ethyl adjacent to an activating group) is 1. The minimum atomic E-state index is 0.621. The second-order valence-corrected chi connectivity index (χ2v) is 5.00. The first kappa shape index (κ1) is 12.6. The fourth-order valence-corrected chi connectivity index (χ4v) is 2.97. The smallest absolute Gasteiger partial charge is 0.0482 e. The first-order valence-corrected chi connectivity index (χ1v) is 7.04. The quantitative estimate of drug-likeness (QED) is 0.814. The molecule has 0 bridgehead atoms. The topological polar surface area (TPSA) is 24.9 Å². The molecule has 0 fully saturated rings. The van der Waals surface area contributed by atoms with Crippen molar-refractivity contribution >= 4 is 0 Å². The lowest BCUT2D eigenvalue weighted by atomic mass is 9.92. The third-order valence-electron chi connectivity index (χ3n) is 3.82. The van der Waals surface area contributed by atoms with E-state index < -0.39 is 0 Å². The third kappa shape index (κ3) is 2.86. The maximum Gasteiger partial charge on any atom is 0.0482 e. The van der Waals surface area contributed by atoms with E-state index in [4.69, 9.17) is 0 Å². The molecule has 0 saturated carbocycles. The Balaban J connectivity index is 2.09. The largest absolute Gasteiger partial charge is 0.314 e. The van der Waals surface area contributed by atoms with Crippen LogP contribution in [0.15, 0.2) is 18.3 Å². The Kier molecular flexibility index (Phi) is 4.55. The molecule has 2 rings (SSSR count). The van der Waals surface area contributed by atoms with Crippen molar-refractivity contribution in [3.63, 3.8) is 0 Å². The minimum Gasteiger partial charge on any atom is -0.314 e. The molecule has 0 radical (unpaired) electrons. The number of aromatic nitrogens is 1. The third-order valence-corrected chi connectivity index (χ3v) is 3.82. The molecule has 1 aromatic heterocycles. The SMILES string of the molecule is CCCCC(NCC)C1CCc2cccnc21. The molecule has 2 unspecified atom stereocenters. The summed E-state index contributed by atoms with van der Waals surface area (Å²) in [6.07, 6.45) is 8.31. The fourth-order valence-electron chi connectivity index (χ4n) is 2.97. The Morgan fingerprint density at radius 2 is 2.35 bits per heavy atom. The van der Waals surface area contributed by atoms with Gasteiger partial charge in [-0.25, -0.2) is 0 Å². The minimum absolute atomic E-state index is 0.621. The van der Waals surface area contributed by atoms with Gasteiger partial charge in [-0.05, 0) is 37.4 Å². The van der Waals surface area contributed by atoms with Crippen molar-refractivity contribution in [1.29, 1.82) is 0 Å².